The van der Waals surface area contributed by atoms with E-state index in [0.29, 0.717) is 5.56 Å². The molecular weight excluding hydrogens is 284 g/mol. The van der Waals surface area contributed by atoms with Crippen LogP contribution in [0.25, 0.3) is 28.0 Å². The van der Waals surface area contributed by atoms with Crippen molar-refractivity contribution >= 4 is 33.8 Å². The molecular formula is C21H14O2. The molecule has 0 saturated heterocycles. The third-order valence-electron chi connectivity index (χ3n) is 3.89. The Morgan fingerprint density at radius 1 is 0.783 bits per heavy atom. The average molecular weight is 298 g/mol. The van der Waals surface area contributed by atoms with Crippen molar-refractivity contribution in [1.82, 2.24) is 0 Å². The predicted molar refractivity (Wildman–Crippen MR) is 93.5 cm³/mol. The molecule has 2 heteroatoms. The van der Waals surface area contributed by atoms with Gasteiger partial charge < -0.3 is 4.42 Å². The summed E-state index contributed by atoms with van der Waals surface area (Å²) in [6.07, 6.45) is 3.44. The van der Waals surface area contributed by atoms with Gasteiger partial charge in [0.05, 0.1) is 0 Å². The van der Waals surface area contributed by atoms with Gasteiger partial charge in [0.15, 0.2) is 5.78 Å². The smallest absolute Gasteiger partial charge is 0.185 e. The van der Waals surface area contributed by atoms with Gasteiger partial charge in [-0.1, -0.05) is 54.6 Å². The second-order valence-corrected chi connectivity index (χ2v) is 5.42. The van der Waals surface area contributed by atoms with Crippen LogP contribution >= 0.6 is 0 Å². The van der Waals surface area contributed by atoms with Crippen molar-refractivity contribution in [2.75, 3.05) is 0 Å². The Bertz CT molecular complexity index is 1020. The van der Waals surface area contributed by atoms with Crippen LogP contribution in [0.15, 0.2) is 83.3 Å². The molecule has 110 valence electrons. The van der Waals surface area contributed by atoms with E-state index in [1.165, 1.54) is 0 Å². The highest BCUT2D eigenvalue weighted by Gasteiger charge is 2.09. The third-order valence-corrected chi connectivity index (χ3v) is 3.89. The summed E-state index contributed by atoms with van der Waals surface area (Å²) in [6.45, 7) is 0. The lowest BCUT2D eigenvalue weighted by atomic mass is 10.1. The van der Waals surface area contributed by atoms with E-state index in [1.54, 1.807) is 6.08 Å². The van der Waals surface area contributed by atoms with E-state index >= 15 is 0 Å². The van der Waals surface area contributed by atoms with Crippen LogP contribution in [-0.4, -0.2) is 5.78 Å². The first kappa shape index (κ1) is 13.5. The molecule has 0 fully saturated rings. The van der Waals surface area contributed by atoms with Gasteiger partial charge in [0.1, 0.15) is 11.2 Å². The van der Waals surface area contributed by atoms with E-state index in [1.807, 2.05) is 78.9 Å². The Labute approximate surface area is 133 Å². The molecule has 3 aromatic carbocycles. The predicted octanol–water partition coefficient (Wildman–Crippen LogP) is 5.48. The lowest BCUT2D eigenvalue weighted by molar-refractivity contribution is 0.104. The van der Waals surface area contributed by atoms with E-state index < -0.39 is 0 Å². The minimum absolute atomic E-state index is 0.0129. The fourth-order valence-corrected chi connectivity index (χ4v) is 2.71. The van der Waals surface area contributed by atoms with Crippen LogP contribution in [-0.2, 0) is 0 Å². The highest BCUT2D eigenvalue weighted by atomic mass is 16.3. The summed E-state index contributed by atoms with van der Waals surface area (Å²) in [5, 5.41) is 2.00. The molecule has 1 heterocycles. The van der Waals surface area contributed by atoms with Gasteiger partial charge in [-0.2, -0.15) is 0 Å². The van der Waals surface area contributed by atoms with Crippen molar-refractivity contribution in [1.29, 1.82) is 0 Å². The average Bonchev–Trinajstić information content (AvgIpc) is 2.98. The summed E-state index contributed by atoms with van der Waals surface area (Å²) in [5.74, 6) is -0.0129. The summed E-state index contributed by atoms with van der Waals surface area (Å²) >= 11 is 0. The van der Waals surface area contributed by atoms with Gasteiger partial charge in [0.25, 0.3) is 0 Å². The molecule has 0 aliphatic carbocycles. The Morgan fingerprint density at radius 2 is 1.52 bits per heavy atom. The minimum Gasteiger partial charge on any atom is -0.456 e. The summed E-state index contributed by atoms with van der Waals surface area (Å²) in [4.78, 5) is 12.4. The van der Waals surface area contributed by atoms with Crippen molar-refractivity contribution < 1.29 is 9.21 Å². The van der Waals surface area contributed by atoms with Gasteiger partial charge >= 0.3 is 0 Å². The second kappa shape index (κ2) is 5.58. The fraction of sp³-hybridized carbons (Fsp3) is 0. The number of benzene rings is 3. The summed E-state index contributed by atoms with van der Waals surface area (Å²) < 4.78 is 5.79. The highest BCUT2D eigenvalue weighted by Crippen LogP contribution is 2.29. The summed E-state index contributed by atoms with van der Waals surface area (Å²) in [5.41, 5.74) is 3.31. The zero-order valence-corrected chi connectivity index (χ0v) is 12.4. The number of rotatable bonds is 3. The molecule has 0 amide bonds. The Balaban J connectivity index is 1.72. The number of fused-ring (bicyclic) bond motifs is 3. The van der Waals surface area contributed by atoms with Crippen LogP contribution in [0, 0.1) is 0 Å². The molecule has 4 aromatic rings. The number of hydrogen-bond acceptors (Lipinski definition) is 2. The van der Waals surface area contributed by atoms with Crippen molar-refractivity contribution in [3.63, 3.8) is 0 Å². The van der Waals surface area contributed by atoms with E-state index in [9.17, 15) is 4.79 Å². The standard InChI is InChI=1S/C21H14O2/c22-19(12-10-15-6-2-1-3-7-15)16-11-13-21-18(14-16)17-8-4-5-9-20(17)23-21/h1-14H/b12-10+. The number of hydrogen-bond donors (Lipinski definition) is 0. The fourth-order valence-electron chi connectivity index (χ4n) is 2.71. The van der Waals surface area contributed by atoms with Crippen LogP contribution in [0.2, 0.25) is 0 Å². The van der Waals surface area contributed by atoms with Gasteiger partial charge in [-0.25, -0.2) is 0 Å². The van der Waals surface area contributed by atoms with E-state index in [-0.39, 0.29) is 5.78 Å². The summed E-state index contributed by atoms with van der Waals surface area (Å²) in [6, 6.07) is 23.2. The molecule has 0 atom stereocenters. The van der Waals surface area contributed by atoms with E-state index in [2.05, 4.69) is 0 Å². The molecule has 23 heavy (non-hydrogen) atoms. The molecule has 0 N–H and O–H groups in total. The van der Waals surface area contributed by atoms with Gasteiger partial charge in [-0.3, -0.25) is 4.79 Å². The Morgan fingerprint density at radius 3 is 2.39 bits per heavy atom. The molecule has 0 radical (unpaired) electrons. The van der Waals surface area contributed by atoms with Gasteiger partial charge in [-0.15, -0.1) is 0 Å². The quantitative estimate of drug-likeness (QED) is 0.370. The minimum atomic E-state index is -0.0129. The van der Waals surface area contributed by atoms with Gasteiger partial charge in [-0.05, 0) is 35.9 Å². The summed E-state index contributed by atoms with van der Waals surface area (Å²) in [7, 11) is 0. The number of para-hydroxylation sites is 1. The molecule has 0 bridgehead atoms. The first-order valence-electron chi connectivity index (χ1n) is 7.50. The molecule has 1 aromatic heterocycles. The largest absolute Gasteiger partial charge is 0.456 e. The van der Waals surface area contributed by atoms with E-state index in [0.717, 1.165) is 27.5 Å². The number of allylic oxidation sites excluding steroid dienone is 1. The van der Waals surface area contributed by atoms with Crippen LogP contribution in [0.3, 0.4) is 0 Å². The third kappa shape index (κ3) is 2.55. The highest BCUT2D eigenvalue weighted by molar-refractivity contribution is 6.12. The molecule has 0 saturated carbocycles. The normalized spacial score (nSPS) is 11.5. The molecule has 2 nitrogen and oxygen atoms in total. The molecule has 0 unspecified atom stereocenters. The van der Waals surface area contributed by atoms with Crippen molar-refractivity contribution in [3.05, 3.63) is 90.0 Å². The maximum Gasteiger partial charge on any atom is 0.185 e. The molecule has 4 rings (SSSR count). The number of carbonyl (C=O) groups excluding carboxylic acids is 1. The Hall–Kier alpha value is -3.13. The first-order valence-corrected chi connectivity index (χ1v) is 7.50. The lowest BCUT2D eigenvalue weighted by Gasteiger charge is -1.97. The number of carbonyl (C=O) groups is 1. The topological polar surface area (TPSA) is 30.2 Å². The Kier molecular flexibility index (Phi) is 3.28. The lowest BCUT2D eigenvalue weighted by Crippen LogP contribution is -1.93. The second-order valence-electron chi connectivity index (χ2n) is 5.42. The number of furan rings is 1. The van der Waals surface area contributed by atoms with Crippen LogP contribution < -0.4 is 0 Å². The van der Waals surface area contributed by atoms with Crippen LogP contribution in [0.1, 0.15) is 15.9 Å². The van der Waals surface area contributed by atoms with Crippen LogP contribution in [0.4, 0.5) is 0 Å². The molecule has 0 aliphatic heterocycles. The SMILES string of the molecule is O=C(/C=C/c1ccccc1)c1ccc2oc3ccccc3c2c1. The monoisotopic (exact) mass is 298 g/mol. The van der Waals surface area contributed by atoms with Crippen LogP contribution in [0.5, 0.6) is 0 Å². The van der Waals surface area contributed by atoms with Crippen molar-refractivity contribution in [2.24, 2.45) is 0 Å². The van der Waals surface area contributed by atoms with Gasteiger partial charge in [0.2, 0.25) is 0 Å². The number of ketones is 1. The molecule has 0 aliphatic rings. The van der Waals surface area contributed by atoms with E-state index in [4.69, 9.17) is 4.42 Å². The van der Waals surface area contributed by atoms with Crippen molar-refractivity contribution in [3.8, 4) is 0 Å². The molecule has 0 spiro atoms. The zero-order valence-electron chi connectivity index (χ0n) is 12.4. The maximum atomic E-state index is 12.4. The zero-order chi connectivity index (χ0) is 15.6. The first-order chi connectivity index (χ1) is 11.3. The van der Waals surface area contributed by atoms with Gasteiger partial charge in [0, 0.05) is 16.3 Å². The maximum absolute atomic E-state index is 12.4. The van der Waals surface area contributed by atoms with Crippen molar-refractivity contribution in [2.45, 2.75) is 0 Å².